The van der Waals surface area contributed by atoms with E-state index in [0.29, 0.717) is 17.1 Å². The highest BCUT2D eigenvalue weighted by molar-refractivity contribution is 6.00. The lowest BCUT2D eigenvalue weighted by Gasteiger charge is -2.15. The molecule has 0 aliphatic rings. The predicted octanol–water partition coefficient (Wildman–Crippen LogP) is 2.33. The van der Waals surface area contributed by atoms with Crippen LogP contribution in [-0.4, -0.2) is 37.4 Å². The van der Waals surface area contributed by atoms with Crippen molar-refractivity contribution in [1.29, 1.82) is 0 Å². The third kappa shape index (κ3) is 4.70. The molecule has 0 saturated carbocycles. The maximum Gasteiger partial charge on any atom is 0.255 e. The average molecular weight is 329 g/mol. The van der Waals surface area contributed by atoms with Crippen LogP contribution in [0, 0.1) is 13.8 Å². The summed E-state index contributed by atoms with van der Waals surface area (Å²) in [7, 11) is 3.93. The van der Waals surface area contributed by atoms with E-state index in [9.17, 15) is 9.59 Å². The van der Waals surface area contributed by atoms with E-state index in [-0.39, 0.29) is 18.4 Å². The molecule has 2 amide bonds. The molecule has 0 spiro atoms. The number of nitrogens with one attached hydrogen (secondary N) is 2. The molecule has 0 aliphatic heterocycles. The fraction of sp³-hybridized carbons (Fsp3) is 0.333. The maximum absolute atomic E-state index is 12.1. The highest BCUT2D eigenvalue weighted by Gasteiger charge is 2.14. The second-order valence-corrected chi connectivity index (χ2v) is 5.95. The van der Waals surface area contributed by atoms with E-state index >= 15 is 0 Å². The van der Waals surface area contributed by atoms with Crippen LogP contribution in [0.4, 0.5) is 5.69 Å². The summed E-state index contributed by atoms with van der Waals surface area (Å²) < 4.78 is 5.32. The van der Waals surface area contributed by atoms with Gasteiger partial charge in [0.25, 0.3) is 5.91 Å². The molecule has 0 fully saturated rings. The first-order valence-corrected chi connectivity index (χ1v) is 7.74. The first-order chi connectivity index (χ1) is 11.4. The smallest absolute Gasteiger partial charge is 0.255 e. The molecule has 0 radical (unpaired) electrons. The minimum atomic E-state index is -0.318. The Morgan fingerprint density at radius 3 is 2.50 bits per heavy atom. The molecular formula is C18H23N3O3. The molecule has 1 heterocycles. The van der Waals surface area contributed by atoms with Gasteiger partial charge in [0.2, 0.25) is 5.91 Å². The van der Waals surface area contributed by atoms with Crippen LogP contribution >= 0.6 is 0 Å². The van der Waals surface area contributed by atoms with E-state index < -0.39 is 0 Å². The third-order valence-electron chi connectivity index (χ3n) is 3.47. The quantitative estimate of drug-likeness (QED) is 0.853. The van der Waals surface area contributed by atoms with Crippen molar-refractivity contribution in [2.75, 3.05) is 26.0 Å². The molecule has 2 N–H and O–H groups in total. The van der Waals surface area contributed by atoms with Gasteiger partial charge in [-0.25, -0.2) is 0 Å². The van der Waals surface area contributed by atoms with Crippen molar-refractivity contribution in [3.05, 3.63) is 53.0 Å². The number of aryl methyl sites for hydroxylation is 2. The monoisotopic (exact) mass is 329 g/mol. The maximum atomic E-state index is 12.1. The number of para-hydroxylation sites is 1. The van der Waals surface area contributed by atoms with Crippen LogP contribution in [0.25, 0.3) is 0 Å². The zero-order valence-corrected chi connectivity index (χ0v) is 14.5. The van der Waals surface area contributed by atoms with Crippen LogP contribution in [0.15, 0.2) is 34.7 Å². The third-order valence-corrected chi connectivity index (χ3v) is 3.47. The van der Waals surface area contributed by atoms with Crippen LogP contribution in [-0.2, 0) is 11.3 Å². The fourth-order valence-electron chi connectivity index (χ4n) is 2.43. The molecule has 1 aromatic heterocycles. The van der Waals surface area contributed by atoms with Crippen molar-refractivity contribution >= 4 is 17.5 Å². The van der Waals surface area contributed by atoms with Gasteiger partial charge >= 0.3 is 0 Å². The average Bonchev–Trinajstić information content (AvgIpc) is 2.85. The molecule has 0 unspecified atom stereocenters. The van der Waals surface area contributed by atoms with E-state index in [1.54, 1.807) is 19.9 Å². The predicted molar refractivity (Wildman–Crippen MR) is 93.0 cm³/mol. The lowest BCUT2D eigenvalue weighted by Crippen LogP contribution is -2.33. The number of anilines is 1. The lowest BCUT2D eigenvalue weighted by molar-refractivity contribution is -0.115. The Hall–Kier alpha value is -2.60. The number of nitrogens with zero attached hydrogens (tertiary/aromatic N) is 1. The van der Waals surface area contributed by atoms with Crippen LogP contribution in [0.3, 0.4) is 0 Å². The highest BCUT2D eigenvalue weighted by Crippen LogP contribution is 2.16. The number of furan rings is 1. The number of amides is 2. The van der Waals surface area contributed by atoms with Crippen molar-refractivity contribution in [2.45, 2.75) is 20.4 Å². The van der Waals surface area contributed by atoms with E-state index in [2.05, 4.69) is 10.6 Å². The van der Waals surface area contributed by atoms with Gasteiger partial charge in [0.1, 0.15) is 11.5 Å². The zero-order valence-electron chi connectivity index (χ0n) is 14.5. The van der Waals surface area contributed by atoms with Gasteiger partial charge in [0.05, 0.1) is 12.1 Å². The first kappa shape index (κ1) is 17.7. The molecule has 6 heteroatoms. The summed E-state index contributed by atoms with van der Waals surface area (Å²) in [4.78, 5) is 26.2. The number of carbonyl (C=O) groups is 2. The Morgan fingerprint density at radius 1 is 1.17 bits per heavy atom. The summed E-state index contributed by atoms with van der Waals surface area (Å²) in [6.45, 7) is 4.12. The molecule has 6 nitrogen and oxygen atoms in total. The number of hydrogen-bond donors (Lipinski definition) is 2. The molecular weight excluding hydrogens is 306 g/mol. The first-order valence-electron chi connectivity index (χ1n) is 7.74. The van der Waals surface area contributed by atoms with Crippen LogP contribution in [0.1, 0.15) is 27.4 Å². The van der Waals surface area contributed by atoms with E-state index in [4.69, 9.17) is 4.42 Å². The molecule has 1 aromatic carbocycles. The summed E-state index contributed by atoms with van der Waals surface area (Å²) in [5.74, 6) is 0.620. The largest absolute Gasteiger partial charge is 0.466 e. The fourth-order valence-corrected chi connectivity index (χ4v) is 2.43. The number of hydrogen-bond acceptors (Lipinski definition) is 4. The Balaban J connectivity index is 1.94. The Labute approximate surface area is 141 Å². The minimum absolute atomic E-state index is 0.0984. The zero-order chi connectivity index (χ0) is 17.7. The van der Waals surface area contributed by atoms with Gasteiger partial charge in [0, 0.05) is 12.2 Å². The van der Waals surface area contributed by atoms with E-state index in [0.717, 1.165) is 17.8 Å². The lowest BCUT2D eigenvalue weighted by atomic mass is 10.1. The van der Waals surface area contributed by atoms with Crippen molar-refractivity contribution in [3.63, 3.8) is 0 Å². The van der Waals surface area contributed by atoms with Crippen molar-refractivity contribution in [3.8, 4) is 0 Å². The topological polar surface area (TPSA) is 74.6 Å². The van der Waals surface area contributed by atoms with E-state index in [1.165, 1.54) is 0 Å². The molecule has 128 valence electrons. The second-order valence-electron chi connectivity index (χ2n) is 5.95. The SMILES string of the molecule is Cc1cc(C(=O)NCC(=O)Nc2ccccc2CN(C)C)c(C)o1. The van der Waals surface area contributed by atoms with Gasteiger partial charge in [-0.15, -0.1) is 0 Å². The Bertz CT molecular complexity index is 735. The summed E-state index contributed by atoms with van der Waals surface area (Å²) in [6.07, 6.45) is 0. The van der Waals surface area contributed by atoms with Gasteiger partial charge in [-0.2, -0.15) is 0 Å². The Kier molecular flexibility index (Phi) is 5.76. The number of carbonyl (C=O) groups excluding carboxylic acids is 2. The van der Waals surface area contributed by atoms with Crippen molar-refractivity contribution < 1.29 is 14.0 Å². The molecule has 0 saturated heterocycles. The van der Waals surface area contributed by atoms with Crippen molar-refractivity contribution in [1.82, 2.24) is 10.2 Å². The number of benzene rings is 1. The highest BCUT2D eigenvalue weighted by atomic mass is 16.3. The van der Waals surface area contributed by atoms with Gasteiger partial charge < -0.3 is 20.0 Å². The van der Waals surface area contributed by atoms with Crippen LogP contribution in [0.2, 0.25) is 0 Å². The molecule has 0 aliphatic carbocycles. The summed E-state index contributed by atoms with van der Waals surface area (Å²) >= 11 is 0. The summed E-state index contributed by atoms with van der Waals surface area (Å²) in [5, 5.41) is 5.45. The van der Waals surface area contributed by atoms with Gasteiger partial charge in [-0.3, -0.25) is 9.59 Å². The molecule has 2 rings (SSSR count). The van der Waals surface area contributed by atoms with Gasteiger partial charge in [-0.05, 0) is 45.6 Å². The molecule has 0 atom stereocenters. The molecule has 24 heavy (non-hydrogen) atoms. The molecule has 2 aromatic rings. The molecule has 0 bridgehead atoms. The van der Waals surface area contributed by atoms with Gasteiger partial charge in [-0.1, -0.05) is 18.2 Å². The summed E-state index contributed by atoms with van der Waals surface area (Å²) in [6, 6.07) is 9.27. The van der Waals surface area contributed by atoms with Crippen LogP contribution in [0.5, 0.6) is 0 Å². The number of rotatable bonds is 6. The van der Waals surface area contributed by atoms with Crippen molar-refractivity contribution in [2.24, 2.45) is 0 Å². The second kappa shape index (κ2) is 7.79. The minimum Gasteiger partial charge on any atom is -0.466 e. The normalized spacial score (nSPS) is 10.7. The van der Waals surface area contributed by atoms with Crippen LogP contribution < -0.4 is 10.6 Å². The standard InChI is InChI=1S/C18H23N3O3/c1-12-9-15(13(2)24-12)18(23)19-10-17(22)20-16-8-6-5-7-14(16)11-21(3)4/h5-9H,10-11H2,1-4H3,(H,19,23)(H,20,22). The Morgan fingerprint density at radius 2 is 1.88 bits per heavy atom. The van der Waals surface area contributed by atoms with E-state index in [1.807, 2.05) is 43.3 Å². The van der Waals surface area contributed by atoms with Gasteiger partial charge in [0.15, 0.2) is 0 Å². The summed E-state index contributed by atoms with van der Waals surface area (Å²) in [5.41, 5.74) is 2.22.